The van der Waals surface area contributed by atoms with Crippen molar-refractivity contribution in [2.75, 3.05) is 0 Å². The van der Waals surface area contributed by atoms with E-state index in [4.69, 9.17) is 0 Å². The summed E-state index contributed by atoms with van der Waals surface area (Å²) in [6, 6.07) is 8.22. The van der Waals surface area contributed by atoms with Gasteiger partial charge in [0.1, 0.15) is 5.49 Å². The van der Waals surface area contributed by atoms with E-state index < -0.39 is 16.5 Å². The van der Waals surface area contributed by atoms with Crippen LogP contribution in [0, 0.1) is 6.92 Å². The lowest BCUT2D eigenvalue weighted by atomic mass is 10.2. The first-order valence-corrected chi connectivity index (χ1v) is 7.07. The van der Waals surface area contributed by atoms with Crippen molar-refractivity contribution in [3.8, 4) is 0 Å². The summed E-state index contributed by atoms with van der Waals surface area (Å²) in [5, 5.41) is 0. The van der Waals surface area contributed by atoms with Gasteiger partial charge in [-0.2, -0.15) is 17.6 Å². The maximum Gasteiger partial charge on any atom is 0.492 e. The highest BCUT2D eigenvalue weighted by Crippen LogP contribution is 2.20. The molecule has 0 N–H and O–H groups in total. The molecule has 0 bridgehead atoms. The third kappa shape index (κ3) is 4.25. The van der Waals surface area contributed by atoms with Crippen LogP contribution in [0.5, 0.6) is 0 Å². The number of aryl methyl sites for hydroxylation is 1. The maximum absolute atomic E-state index is 12.3. The maximum atomic E-state index is 12.3. The molecule has 0 aliphatic rings. The minimum Gasteiger partial charge on any atom is -0.328 e. The number of halogens is 3. The Labute approximate surface area is 121 Å². The van der Waals surface area contributed by atoms with E-state index in [1.54, 1.807) is 18.5 Å². The van der Waals surface area contributed by atoms with E-state index in [0.717, 1.165) is 11.3 Å². The van der Waals surface area contributed by atoms with Gasteiger partial charge in [0.15, 0.2) is 0 Å². The lowest BCUT2D eigenvalue weighted by Crippen LogP contribution is -2.24. The molecule has 0 fully saturated rings. The van der Waals surface area contributed by atoms with Crippen molar-refractivity contribution in [1.29, 1.82) is 0 Å². The minimum absolute atomic E-state index is 0.00580. The van der Waals surface area contributed by atoms with Crippen LogP contribution in [0.4, 0.5) is 13.2 Å². The van der Waals surface area contributed by atoms with E-state index in [1.165, 1.54) is 16.7 Å². The van der Waals surface area contributed by atoms with E-state index in [2.05, 4.69) is 9.38 Å². The first-order chi connectivity index (χ1) is 9.86. The van der Waals surface area contributed by atoms with Crippen molar-refractivity contribution in [1.82, 2.24) is 9.55 Å². The van der Waals surface area contributed by atoms with Crippen LogP contribution in [-0.4, -0.2) is 19.3 Å². The zero-order valence-electron chi connectivity index (χ0n) is 11.0. The predicted molar refractivity (Wildman–Crippen MR) is 72.3 cm³/mol. The van der Waals surface area contributed by atoms with Crippen LogP contribution in [0.15, 0.2) is 47.1 Å². The molecule has 0 saturated carbocycles. The van der Waals surface area contributed by atoms with Gasteiger partial charge in [-0.05, 0) is 30.7 Å². The van der Waals surface area contributed by atoms with Gasteiger partial charge < -0.3 is 4.57 Å². The Kier molecular flexibility index (Phi) is 4.56. The first kappa shape index (κ1) is 15.4. The summed E-state index contributed by atoms with van der Waals surface area (Å²) in [6.45, 7) is 2.13. The number of alkyl halides is 3. The van der Waals surface area contributed by atoms with Crippen LogP contribution in [0.1, 0.15) is 11.3 Å². The fraction of sp³-hybridized carbons (Fsp3) is 0.231. The molecule has 1 unspecified atom stereocenters. The molecule has 0 spiro atoms. The van der Waals surface area contributed by atoms with Crippen molar-refractivity contribution in [3.05, 3.63) is 59.5 Å². The number of nitrogens with zero attached hydrogens (tertiary/aromatic N) is 3. The quantitative estimate of drug-likeness (QED) is 0.873. The average Bonchev–Trinajstić information content (AvgIpc) is 2.42. The summed E-state index contributed by atoms with van der Waals surface area (Å²) in [6.07, 6.45) is 3.21. The van der Waals surface area contributed by atoms with Crippen LogP contribution in [-0.2, 0) is 17.5 Å². The van der Waals surface area contributed by atoms with Crippen LogP contribution >= 0.6 is 0 Å². The predicted octanol–water partition coefficient (Wildman–Crippen LogP) is 2.32. The molecule has 0 saturated heterocycles. The van der Waals surface area contributed by atoms with Crippen molar-refractivity contribution in [3.63, 3.8) is 0 Å². The molecule has 0 aromatic carbocycles. The molecule has 2 aromatic heterocycles. The summed E-state index contributed by atoms with van der Waals surface area (Å²) >= 11 is 0. The van der Waals surface area contributed by atoms with Crippen molar-refractivity contribution >= 4 is 11.0 Å². The molecule has 0 amide bonds. The van der Waals surface area contributed by atoms with Crippen molar-refractivity contribution in [2.45, 2.75) is 19.0 Å². The van der Waals surface area contributed by atoms with Gasteiger partial charge in [0.25, 0.3) is 0 Å². The molecule has 2 aromatic rings. The standard InChI is InChI=1S/C13H12F3N3OS/c1-10-5-6-11(8-17-10)9-19-7-3-2-4-12(19)18-21(20)13(14,15)16/h2-8H,9H2,1H3. The SMILES string of the molecule is Cc1ccc(Cn2ccccc2=NS(=O)C(F)(F)F)cn1. The van der Waals surface area contributed by atoms with E-state index in [9.17, 15) is 17.4 Å². The Morgan fingerprint density at radius 2 is 2.05 bits per heavy atom. The van der Waals surface area contributed by atoms with Gasteiger partial charge in [0, 0.05) is 18.1 Å². The number of aromatic nitrogens is 2. The molecule has 2 heterocycles. The van der Waals surface area contributed by atoms with Gasteiger partial charge in [-0.3, -0.25) is 4.98 Å². The lowest BCUT2D eigenvalue weighted by molar-refractivity contribution is -0.0385. The highest BCUT2D eigenvalue weighted by molar-refractivity contribution is 7.84. The smallest absolute Gasteiger partial charge is 0.328 e. The second kappa shape index (κ2) is 6.21. The van der Waals surface area contributed by atoms with Crippen LogP contribution in [0.2, 0.25) is 0 Å². The molecule has 0 aliphatic heterocycles. The molecule has 0 aliphatic carbocycles. The highest BCUT2D eigenvalue weighted by Gasteiger charge is 2.37. The van der Waals surface area contributed by atoms with Crippen molar-refractivity contribution in [2.24, 2.45) is 4.40 Å². The normalized spacial score (nSPS) is 14.2. The Hall–Kier alpha value is -1.96. The molecule has 1 atom stereocenters. The van der Waals surface area contributed by atoms with E-state index >= 15 is 0 Å². The van der Waals surface area contributed by atoms with E-state index in [-0.39, 0.29) is 5.49 Å². The van der Waals surface area contributed by atoms with Gasteiger partial charge in [-0.15, -0.1) is 0 Å². The van der Waals surface area contributed by atoms with Crippen molar-refractivity contribution < 1.29 is 17.4 Å². The number of hydrogen-bond donors (Lipinski definition) is 0. The molecule has 4 nitrogen and oxygen atoms in total. The largest absolute Gasteiger partial charge is 0.492 e. The lowest BCUT2D eigenvalue weighted by Gasteiger charge is -2.08. The molecular formula is C13H12F3N3OS. The molecule has 2 rings (SSSR count). The van der Waals surface area contributed by atoms with Gasteiger partial charge in [-0.25, -0.2) is 4.21 Å². The summed E-state index contributed by atoms with van der Waals surface area (Å²) < 4.78 is 52.8. The topological polar surface area (TPSA) is 47.2 Å². The highest BCUT2D eigenvalue weighted by atomic mass is 32.2. The molecule has 0 radical (unpaired) electrons. The number of rotatable bonds is 3. The molecule has 8 heteroatoms. The Morgan fingerprint density at radius 1 is 1.29 bits per heavy atom. The Morgan fingerprint density at radius 3 is 2.67 bits per heavy atom. The monoisotopic (exact) mass is 315 g/mol. The first-order valence-electron chi connectivity index (χ1n) is 5.97. The summed E-state index contributed by atoms with van der Waals surface area (Å²) in [5.41, 5.74) is -3.21. The fourth-order valence-corrected chi connectivity index (χ4v) is 2.05. The van der Waals surface area contributed by atoms with E-state index in [1.807, 2.05) is 19.1 Å². The fourth-order valence-electron chi connectivity index (χ4n) is 1.61. The summed E-state index contributed by atoms with van der Waals surface area (Å²) in [5.74, 6) is 0. The summed E-state index contributed by atoms with van der Waals surface area (Å²) in [7, 11) is -3.27. The molecule has 21 heavy (non-hydrogen) atoms. The minimum atomic E-state index is -4.86. The van der Waals surface area contributed by atoms with Crippen LogP contribution in [0.25, 0.3) is 0 Å². The number of pyridine rings is 2. The Balaban J connectivity index is 2.35. The zero-order chi connectivity index (χ0) is 15.5. The third-order valence-corrected chi connectivity index (χ3v) is 3.37. The average molecular weight is 315 g/mol. The molecule has 112 valence electrons. The Bertz CT molecular complexity index is 708. The van der Waals surface area contributed by atoms with Gasteiger partial charge in [-0.1, -0.05) is 12.1 Å². The van der Waals surface area contributed by atoms with Crippen LogP contribution < -0.4 is 5.49 Å². The second-order valence-electron chi connectivity index (χ2n) is 4.28. The zero-order valence-corrected chi connectivity index (χ0v) is 11.9. The summed E-state index contributed by atoms with van der Waals surface area (Å²) in [4.78, 5) is 4.12. The van der Waals surface area contributed by atoms with Gasteiger partial charge >= 0.3 is 5.51 Å². The number of hydrogen-bond acceptors (Lipinski definition) is 2. The molecular weight excluding hydrogens is 303 g/mol. The third-order valence-electron chi connectivity index (χ3n) is 2.62. The van der Waals surface area contributed by atoms with Gasteiger partial charge in [0.05, 0.1) is 6.54 Å². The second-order valence-corrected chi connectivity index (χ2v) is 5.42. The van der Waals surface area contributed by atoms with Gasteiger partial charge in [0.2, 0.25) is 11.0 Å². The van der Waals surface area contributed by atoms with Crippen LogP contribution in [0.3, 0.4) is 0 Å². The van der Waals surface area contributed by atoms with E-state index in [0.29, 0.717) is 6.54 Å².